The Morgan fingerprint density at radius 1 is 1.06 bits per heavy atom. The molecule has 0 radical (unpaired) electrons. The van der Waals surface area contributed by atoms with Gasteiger partial charge in [0.1, 0.15) is 10.3 Å². The number of nitrogens with one attached hydrogen (secondary N) is 2. The van der Waals surface area contributed by atoms with Crippen molar-refractivity contribution in [2.75, 3.05) is 19.5 Å². The fourth-order valence-corrected chi connectivity index (χ4v) is 3.83. The number of halogens is 3. The van der Waals surface area contributed by atoms with Crippen LogP contribution in [0.3, 0.4) is 0 Å². The predicted molar refractivity (Wildman–Crippen MR) is 132 cm³/mol. The molecule has 0 aliphatic heterocycles. The number of aryl methyl sites for hydroxylation is 1. The second-order valence-electron chi connectivity index (χ2n) is 6.89. The van der Waals surface area contributed by atoms with Crippen LogP contribution in [0.15, 0.2) is 41.1 Å². The average molecular weight is 600 g/mol. The third kappa shape index (κ3) is 5.75. The fraction of sp³-hybridized carbons (Fsp3) is 0.143. The topological polar surface area (TPSA) is 145 Å². The number of pyridine rings is 1. The summed E-state index contributed by atoms with van der Waals surface area (Å²) < 4.78 is 10.5. The van der Waals surface area contributed by atoms with E-state index in [2.05, 4.69) is 46.2 Å². The molecule has 0 saturated carbocycles. The Bertz CT molecular complexity index is 1350. The maximum atomic E-state index is 13.3. The van der Waals surface area contributed by atoms with Gasteiger partial charge >= 0.3 is 12.2 Å². The molecule has 2 heterocycles. The minimum atomic E-state index is -1.21. The van der Waals surface area contributed by atoms with Crippen LogP contribution in [-0.4, -0.2) is 58.0 Å². The summed E-state index contributed by atoms with van der Waals surface area (Å²) in [6.45, 7) is 1.60. The lowest BCUT2D eigenvalue weighted by atomic mass is 10.1. The van der Waals surface area contributed by atoms with Crippen molar-refractivity contribution in [1.82, 2.24) is 25.2 Å². The highest BCUT2D eigenvalue weighted by Gasteiger charge is 2.28. The molecule has 0 bridgehead atoms. The SMILES string of the molecule is COC(=O)N(NC(=O)c1cc(Cl)cc(C)c1NC(=O)c1cc(Br)nn1-c1ncccc1Cl)C(=O)OC. The molecule has 0 unspecified atom stereocenters. The third-order valence-corrected chi connectivity index (χ3v) is 5.46. The van der Waals surface area contributed by atoms with Crippen LogP contribution in [0.4, 0.5) is 15.3 Å². The molecule has 3 rings (SSSR count). The highest BCUT2D eigenvalue weighted by molar-refractivity contribution is 9.10. The molecule has 4 amide bonds. The van der Waals surface area contributed by atoms with Gasteiger partial charge in [-0.3, -0.25) is 9.59 Å². The van der Waals surface area contributed by atoms with E-state index in [0.717, 1.165) is 14.2 Å². The highest BCUT2D eigenvalue weighted by Crippen LogP contribution is 2.28. The van der Waals surface area contributed by atoms with E-state index in [0.29, 0.717) is 10.2 Å². The van der Waals surface area contributed by atoms with E-state index in [9.17, 15) is 19.2 Å². The number of amides is 4. The van der Waals surface area contributed by atoms with E-state index >= 15 is 0 Å². The Balaban J connectivity index is 2.00. The van der Waals surface area contributed by atoms with Crippen LogP contribution in [0.1, 0.15) is 26.4 Å². The van der Waals surface area contributed by atoms with Gasteiger partial charge in [-0.2, -0.15) is 5.10 Å². The average Bonchev–Trinajstić information content (AvgIpc) is 3.24. The first kappa shape index (κ1) is 26.9. The number of ether oxygens (including phenoxy) is 2. The van der Waals surface area contributed by atoms with Crippen molar-refractivity contribution >= 4 is 68.8 Å². The number of nitrogens with zero attached hydrogens (tertiary/aromatic N) is 4. The summed E-state index contributed by atoms with van der Waals surface area (Å²) in [6, 6.07) is 7.39. The summed E-state index contributed by atoms with van der Waals surface area (Å²) in [4.78, 5) is 54.3. The molecule has 0 atom stereocenters. The Hall–Kier alpha value is -3.68. The van der Waals surface area contributed by atoms with Crippen LogP contribution in [0, 0.1) is 6.92 Å². The molecular formula is C21H17BrCl2N6O6. The van der Waals surface area contributed by atoms with Gasteiger partial charge in [-0.15, -0.1) is 5.01 Å². The minimum absolute atomic E-state index is 0.0360. The number of hydrogen-bond donors (Lipinski definition) is 2. The summed E-state index contributed by atoms with van der Waals surface area (Å²) in [5.74, 6) is -1.44. The molecule has 3 aromatic rings. The number of methoxy groups -OCH3 is 2. The van der Waals surface area contributed by atoms with Gasteiger partial charge in [-0.05, 0) is 52.7 Å². The van der Waals surface area contributed by atoms with Crippen molar-refractivity contribution in [1.29, 1.82) is 0 Å². The Labute approximate surface area is 222 Å². The summed E-state index contributed by atoms with van der Waals surface area (Å²) in [5.41, 5.74) is 2.41. The van der Waals surface area contributed by atoms with Crippen LogP contribution in [-0.2, 0) is 9.47 Å². The Morgan fingerprint density at radius 3 is 2.33 bits per heavy atom. The molecule has 1 aromatic carbocycles. The lowest BCUT2D eigenvalue weighted by molar-refractivity contribution is 0.0636. The number of hydrazine groups is 1. The van der Waals surface area contributed by atoms with Gasteiger partial charge in [0, 0.05) is 17.3 Å². The minimum Gasteiger partial charge on any atom is -0.451 e. The molecule has 0 saturated heterocycles. The zero-order valence-corrected chi connectivity index (χ0v) is 21.9. The van der Waals surface area contributed by atoms with Crippen molar-refractivity contribution in [2.45, 2.75) is 6.92 Å². The van der Waals surface area contributed by atoms with E-state index in [1.54, 1.807) is 19.1 Å². The first-order chi connectivity index (χ1) is 17.1. The number of rotatable bonds is 4. The maximum absolute atomic E-state index is 13.3. The van der Waals surface area contributed by atoms with Crippen LogP contribution >= 0.6 is 39.1 Å². The highest BCUT2D eigenvalue weighted by atomic mass is 79.9. The summed E-state index contributed by atoms with van der Waals surface area (Å²) in [6.07, 6.45) is -0.931. The van der Waals surface area contributed by atoms with E-state index in [1.807, 2.05) is 0 Å². The van der Waals surface area contributed by atoms with E-state index in [1.165, 1.54) is 29.1 Å². The maximum Gasteiger partial charge on any atom is 0.438 e. The quantitative estimate of drug-likeness (QED) is 0.420. The van der Waals surface area contributed by atoms with Gasteiger partial charge in [0.15, 0.2) is 5.82 Å². The van der Waals surface area contributed by atoms with Gasteiger partial charge in [0.2, 0.25) is 0 Å². The fourth-order valence-electron chi connectivity index (χ4n) is 2.98. The van der Waals surface area contributed by atoms with Crippen molar-refractivity contribution in [2.24, 2.45) is 0 Å². The van der Waals surface area contributed by atoms with E-state index < -0.39 is 24.0 Å². The van der Waals surface area contributed by atoms with E-state index in [4.69, 9.17) is 23.2 Å². The van der Waals surface area contributed by atoms with Crippen molar-refractivity contribution in [3.8, 4) is 5.82 Å². The number of aromatic nitrogens is 3. The number of anilines is 1. The molecular weight excluding hydrogens is 583 g/mol. The monoisotopic (exact) mass is 598 g/mol. The van der Waals surface area contributed by atoms with Crippen molar-refractivity contribution in [3.05, 3.63) is 68.0 Å². The predicted octanol–water partition coefficient (Wildman–Crippen LogP) is 4.38. The second kappa shape index (κ2) is 11.4. The van der Waals surface area contributed by atoms with Crippen molar-refractivity contribution < 1.29 is 28.7 Å². The summed E-state index contributed by atoms with van der Waals surface area (Å²) >= 11 is 15.6. The molecule has 2 N–H and O–H groups in total. The Morgan fingerprint density at radius 2 is 1.72 bits per heavy atom. The first-order valence-corrected chi connectivity index (χ1v) is 11.4. The zero-order chi connectivity index (χ0) is 26.6. The number of carbonyl (C=O) groups excluding carboxylic acids is 4. The third-order valence-electron chi connectivity index (χ3n) is 4.56. The van der Waals surface area contributed by atoms with Crippen LogP contribution < -0.4 is 10.7 Å². The standard InChI is InChI=1S/C21H17BrCl2N6O6/c1-10-7-11(23)8-12(18(31)28-30(20(33)35-2)21(34)36-3)16(10)26-19(32)14-9-15(22)27-29(14)17-13(24)5-4-6-25-17/h4-9H,1-3H3,(H,26,32)(H,28,31). The van der Waals surface area contributed by atoms with Crippen LogP contribution in [0.25, 0.3) is 5.82 Å². The van der Waals surface area contributed by atoms with E-state index in [-0.39, 0.29) is 37.8 Å². The smallest absolute Gasteiger partial charge is 0.438 e. The molecule has 0 aliphatic carbocycles. The molecule has 0 spiro atoms. The number of benzene rings is 1. The van der Waals surface area contributed by atoms with Crippen LogP contribution in [0.5, 0.6) is 0 Å². The van der Waals surface area contributed by atoms with Gasteiger partial charge in [0.25, 0.3) is 11.8 Å². The molecule has 36 heavy (non-hydrogen) atoms. The van der Waals surface area contributed by atoms with Crippen LogP contribution in [0.2, 0.25) is 10.0 Å². The number of hydrogen-bond acceptors (Lipinski definition) is 8. The molecule has 12 nitrogen and oxygen atoms in total. The molecule has 2 aromatic heterocycles. The van der Waals surface area contributed by atoms with Gasteiger partial charge in [-0.1, -0.05) is 23.2 Å². The summed E-state index contributed by atoms with van der Waals surface area (Å²) in [7, 11) is 2.02. The molecule has 0 fully saturated rings. The second-order valence-corrected chi connectivity index (χ2v) is 8.54. The molecule has 188 valence electrons. The van der Waals surface area contributed by atoms with Gasteiger partial charge < -0.3 is 14.8 Å². The molecule has 15 heteroatoms. The summed E-state index contributed by atoms with van der Waals surface area (Å²) in [5, 5.41) is 7.48. The molecule has 0 aliphatic rings. The number of carbonyl (C=O) groups is 4. The first-order valence-electron chi connectivity index (χ1n) is 9.82. The Kier molecular flexibility index (Phi) is 8.50. The number of imide groups is 1. The lowest BCUT2D eigenvalue weighted by Crippen LogP contribution is -2.50. The van der Waals surface area contributed by atoms with Crippen molar-refractivity contribution in [3.63, 3.8) is 0 Å². The van der Waals surface area contributed by atoms with Gasteiger partial charge in [-0.25, -0.2) is 24.7 Å². The largest absolute Gasteiger partial charge is 0.451 e. The lowest BCUT2D eigenvalue weighted by Gasteiger charge is -2.20. The van der Waals surface area contributed by atoms with Gasteiger partial charge in [0.05, 0.1) is 30.5 Å². The normalized spacial score (nSPS) is 10.4. The zero-order valence-electron chi connectivity index (χ0n) is 18.8.